The summed E-state index contributed by atoms with van der Waals surface area (Å²) >= 11 is 6.26. The molecule has 2 aliphatic heterocycles. The maximum absolute atomic E-state index is 6.50. The van der Waals surface area contributed by atoms with Crippen LogP contribution in [0.1, 0.15) is 27.0 Å². The highest BCUT2D eigenvalue weighted by molar-refractivity contribution is 6.33. The lowest BCUT2D eigenvalue weighted by Crippen LogP contribution is -2.46. The normalized spacial score (nSPS) is 28.4. The van der Waals surface area contributed by atoms with Gasteiger partial charge in [-0.2, -0.15) is 0 Å². The van der Waals surface area contributed by atoms with Crippen LogP contribution in [0.25, 0.3) is 21.9 Å². The number of hydrogen-bond acceptors (Lipinski definition) is 7. The second-order valence-electron chi connectivity index (χ2n) is 9.03. The summed E-state index contributed by atoms with van der Waals surface area (Å²) in [6.45, 7) is 6.12. The molecule has 1 aromatic carbocycles. The van der Waals surface area contributed by atoms with Gasteiger partial charge in [-0.3, -0.25) is 4.98 Å². The van der Waals surface area contributed by atoms with E-state index < -0.39 is 17.6 Å². The third kappa shape index (κ3) is 3.36. The van der Waals surface area contributed by atoms with Crippen molar-refractivity contribution in [1.82, 2.24) is 19.5 Å². The molecular weight excluding hydrogens is 444 g/mol. The van der Waals surface area contributed by atoms with Crippen LogP contribution in [-0.2, 0) is 14.2 Å². The molecule has 0 saturated carbocycles. The first-order valence-electron chi connectivity index (χ1n) is 10.8. The van der Waals surface area contributed by atoms with E-state index in [4.69, 9.17) is 30.5 Å². The molecule has 5 heterocycles. The molecule has 4 aromatic rings. The summed E-state index contributed by atoms with van der Waals surface area (Å²) in [5, 5.41) is 2.21. The van der Waals surface area contributed by atoms with E-state index in [1.54, 1.807) is 6.20 Å². The third-order valence-corrected chi connectivity index (χ3v) is 6.66. The monoisotopic (exact) mass is 466 g/mol. The predicted octanol–water partition coefficient (Wildman–Crippen LogP) is 4.52. The molecule has 0 bridgehead atoms. The van der Waals surface area contributed by atoms with Crippen LogP contribution < -0.4 is 4.74 Å². The fourth-order valence-corrected chi connectivity index (χ4v) is 5.06. The molecule has 0 N–H and O–H groups in total. The Morgan fingerprint density at radius 1 is 1.12 bits per heavy atom. The number of hydrogen-bond donors (Lipinski definition) is 0. The number of fused-ring (bicyclic) bond motifs is 3. The van der Waals surface area contributed by atoms with Crippen molar-refractivity contribution in [2.24, 2.45) is 0 Å². The van der Waals surface area contributed by atoms with E-state index in [0.717, 1.165) is 22.0 Å². The number of nitrogens with zero attached hydrogens (tertiary/aromatic N) is 4. The largest absolute Gasteiger partial charge is 0.491 e. The van der Waals surface area contributed by atoms with E-state index in [-0.39, 0.29) is 18.8 Å². The van der Waals surface area contributed by atoms with E-state index in [0.29, 0.717) is 10.8 Å². The summed E-state index contributed by atoms with van der Waals surface area (Å²) in [4.78, 5) is 12.9. The Balaban J connectivity index is 1.31. The van der Waals surface area contributed by atoms with Crippen molar-refractivity contribution in [3.05, 3.63) is 60.3 Å². The predicted molar refractivity (Wildman–Crippen MR) is 122 cm³/mol. The van der Waals surface area contributed by atoms with Crippen LogP contribution in [0.2, 0.25) is 5.15 Å². The fraction of sp³-hybridized carbons (Fsp3) is 0.375. The summed E-state index contributed by atoms with van der Waals surface area (Å²) in [6, 6.07) is 11.7. The zero-order chi connectivity index (χ0) is 22.8. The lowest BCUT2D eigenvalue weighted by atomic mass is 9.95. The molecule has 0 aliphatic carbocycles. The lowest BCUT2D eigenvalue weighted by Gasteiger charge is -2.29. The minimum absolute atomic E-state index is 0.288. The molecule has 8 nitrogen and oxygen atoms in total. The second-order valence-corrected chi connectivity index (χ2v) is 9.39. The van der Waals surface area contributed by atoms with Crippen LogP contribution in [0.3, 0.4) is 0 Å². The Labute approximate surface area is 195 Å². The number of halogens is 1. The molecule has 0 radical (unpaired) electrons. The van der Waals surface area contributed by atoms with E-state index in [9.17, 15) is 0 Å². The highest BCUT2D eigenvalue weighted by atomic mass is 35.5. The SMILES string of the molecule is CC1(C)OC2[C@H](n3ccc4c(Cl)ncnc43)O[C@H](COc3ccc4cccnc4c3)[C@@]2(C)O1. The Bertz CT molecular complexity index is 1360. The average Bonchev–Trinajstić information content (AvgIpc) is 3.40. The molecule has 1 unspecified atom stereocenters. The Kier molecular flexibility index (Phi) is 4.64. The van der Waals surface area contributed by atoms with Gasteiger partial charge in [-0.15, -0.1) is 0 Å². The van der Waals surface area contributed by atoms with Crippen molar-refractivity contribution in [1.29, 1.82) is 0 Å². The second kappa shape index (κ2) is 7.36. The summed E-state index contributed by atoms with van der Waals surface area (Å²) < 4.78 is 27.3. The van der Waals surface area contributed by atoms with Crippen LogP contribution in [0, 0.1) is 0 Å². The minimum Gasteiger partial charge on any atom is -0.491 e. The van der Waals surface area contributed by atoms with Crippen LogP contribution >= 0.6 is 11.6 Å². The van der Waals surface area contributed by atoms with Gasteiger partial charge in [-0.05, 0) is 45.0 Å². The molecule has 9 heteroatoms. The molecule has 0 amide bonds. The van der Waals surface area contributed by atoms with Crippen LogP contribution in [-0.4, -0.2) is 49.7 Å². The molecule has 0 spiro atoms. The van der Waals surface area contributed by atoms with Gasteiger partial charge in [0.05, 0.1) is 10.9 Å². The highest BCUT2D eigenvalue weighted by Crippen LogP contribution is 2.50. The molecule has 170 valence electrons. The van der Waals surface area contributed by atoms with Crippen molar-refractivity contribution < 1.29 is 18.9 Å². The van der Waals surface area contributed by atoms with Crippen molar-refractivity contribution in [2.45, 2.75) is 50.6 Å². The quantitative estimate of drug-likeness (QED) is 0.409. The maximum atomic E-state index is 6.50. The maximum Gasteiger partial charge on any atom is 0.165 e. The first kappa shape index (κ1) is 20.8. The zero-order valence-electron chi connectivity index (χ0n) is 18.4. The summed E-state index contributed by atoms with van der Waals surface area (Å²) in [5.41, 5.74) is 0.829. The smallest absolute Gasteiger partial charge is 0.165 e. The molecule has 3 aromatic heterocycles. The molecule has 33 heavy (non-hydrogen) atoms. The average molecular weight is 467 g/mol. The van der Waals surface area contributed by atoms with Crippen molar-refractivity contribution in [3.8, 4) is 5.75 Å². The first-order chi connectivity index (χ1) is 15.8. The van der Waals surface area contributed by atoms with E-state index in [2.05, 4.69) is 15.0 Å². The third-order valence-electron chi connectivity index (χ3n) is 6.36. The topological polar surface area (TPSA) is 80.5 Å². The standard InChI is InChI=1S/C24H23ClN4O4/c1-23(2)32-19-22(29-10-8-16-20(25)27-13-28-21(16)29)31-18(24(19,3)33-23)12-30-15-7-6-14-5-4-9-26-17(14)11-15/h4-11,13,18-19,22H,12H2,1-3H3/t18-,19?,22-,24-/m1/s1. The molecule has 2 saturated heterocycles. The van der Waals surface area contributed by atoms with Gasteiger partial charge in [-0.25, -0.2) is 9.97 Å². The van der Waals surface area contributed by atoms with Gasteiger partial charge in [0.25, 0.3) is 0 Å². The molecule has 6 rings (SSSR count). The number of aromatic nitrogens is 4. The summed E-state index contributed by atoms with van der Waals surface area (Å²) in [5.74, 6) is -0.0418. The van der Waals surface area contributed by atoms with Crippen molar-refractivity contribution in [3.63, 3.8) is 0 Å². The zero-order valence-corrected chi connectivity index (χ0v) is 19.2. The van der Waals surface area contributed by atoms with Gasteiger partial charge in [-0.1, -0.05) is 17.7 Å². The molecule has 4 atom stereocenters. The van der Waals surface area contributed by atoms with Gasteiger partial charge in [0.15, 0.2) is 12.0 Å². The van der Waals surface area contributed by atoms with Gasteiger partial charge < -0.3 is 23.5 Å². The highest BCUT2D eigenvalue weighted by Gasteiger charge is 2.64. The van der Waals surface area contributed by atoms with Gasteiger partial charge in [0.2, 0.25) is 0 Å². The molecule has 2 aliphatic rings. The fourth-order valence-electron chi connectivity index (χ4n) is 4.87. The Hall–Kier alpha value is -2.78. The van der Waals surface area contributed by atoms with Crippen molar-refractivity contribution >= 4 is 33.5 Å². The molecular formula is C24H23ClN4O4. The van der Waals surface area contributed by atoms with Gasteiger partial charge in [0, 0.05) is 23.8 Å². The Morgan fingerprint density at radius 3 is 2.88 bits per heavy atom. The van der Waals surface area contributed by atoms with Crippen LogP contribution in [0.4, 0.5) is 0 Å². The van der Waals surface area contributed by atoms with Gasteiger partial charge >= 0.3 is 0 Å². The molecule has 2 fully saturated rings. The minimum atomic E-state index is -0.762. The van der Waals surface area contributed by atoms with Gasteiger partial charge in [0.1, 0.15) is 47.3 Å². The summed E-state index contributed by atoms with van der Waals surface area (Å²) in [6.07, 6.45) is 3.88. The van der Waals surface area contributed by atoms with Crippen LogP contribution in [0.5, 0.6) is 5.75 Å². The lowest BCUT2D eigenvalue weighted by molar-refractivity contribution is -0.213. The number of benzene rings is 1. The van der Waals surface area contributed by atoms with E-state index in [1.165, 1.54) is 6.33 Å². The number of pyridine rings is 1. The number of rotatable bonds is 4. The van der Waals surface area contributed by atoms with Crippen LogP contribution in [0.15, 0.2) is 55.1 Å². The van der Waals surface area contributed by atoms with Crippen molar-refractivity contribution in [2.75, 3.05) is 6.61 Å². The Morgan fingerprint density at radius 2 is 2.00 bits per heavy atom. The first-order valence-corrected chi connectivity index (χ1v) is 11.2. The number of ether oxygens (including phenoxy) is 4. The van der Waals surface area contributed by atoms with E-state index >= 15 is 0 Å². The summed E-state index contributed by atoms with van der Waals surface area (Å²) in [7, 11) is 0. The van der Waals surface area contributed by atoms with E-state index in [1.807, 2.05) is 67.9 Å².